The Hall–Kier alpha value is -4.12. The van der Waals surface area contributed by atoms with Crippen molar-refractivity contribution in [3.8, 4) is 11.1 Å². The lowest BCUT2D eigenvalue weighted by molar-refractivity contribution is -0.154. The number of nitrogens with one attached hydrogen (secondary N) is 2. The van der Waals surface area contributed by atoms with Gasteiger partial charge < -0.3 is 21.9 Å². The first-order chi connectivity index (χ1) is 19.2. The fourth-order valence-electron chi connectivity index (χ4n) is 3.93. The molecule has 0 radical (unpaired) electrons. The maximum absolute atomic E-state index is 13.4. The van der Waals surface area contributed by atoms with E-state index in [0.717, 1.165) is 16.1 Å². The second-order valence-electron chi connectivity index (χ2n) is 8.79. The van der Waals surface area contributed by atoms with Gasteiger partial charge in [0.05, 0.1) is 10.0 Å². The van der Waals surface area contributed by atoms with E-state index < -0.39 is 30.2 Å². The molecule has 40 heavy (non-hydrogen) atoms. The van der Waals surface area contributed by atoms with Crippen LogP contribution >= 0.6 is 23.2 Å². The molecule has 0 aliphatic rings. The van der Waals surface area contributed by atoms with Crippen LogP contribution in [0.25, 0.3) is 11.1 Å². The van der Waals surface area contributed by atoms with E-state index in [-0.39, 0.29) is 31.9 Å². The molecule has 0 aliphatic heterocycles. The first kappa shape index (κ1) is 30.4. The molecule has 0 saturated heterocycles. The summed E-state index contributed by atoms with van der Waals surface area (Å²) >= 11 is 12.1. The topological polar surface area (TPSA) is 163 Å². The molecule has 2 amide bonds. The van der Waals surface area contributed by atoms with Gasteiger partial charge in [0.25, 0.3) is 0 Å². The lowest BCUT2D eigenvalue weighted by Crippen LogP contribution is -2.53. The van der Waals surface area contributed by atoms with Crippen molar-refractivity contribution < 1.29 is 19.5 Å². The van der Waals surface area contributed by atoms with Crippen LogP contribution in [0.2, 0.25) is 10.0 Å². The number of nitrogens with zero attached hydrogens (tertiary/aromatic N) is 2. The number of aliphatic carboxylic acids is 1. The standard InChI is InChI=1S/C28H30Cl2N6O4/c29-21-13-12-18(15-22(21)30)17-34-36(24(27(39)40)11-6-14-33-28(31)32)26(38)16-25(37)35-23-10-5-4-9-20(23)19-7-2-1-3-8-19/h1-5,7-10,12-13,15,24,34H,6,11,14,16-17H2,(H,35,37)(H,39,40)(H4,31,32,33)/t24-/m0/s1. The Kier molecular flexibility index (Phi) is 11.3. The molecule has 10 nitrogen and oxygen atoms in total. The Labute approximate surface area is 241 Å². The number of rotatable bonds is 13. The van der Waals surface area contributed by atoms with E-state index in [1.807, 2.05) is 42.5 Å². The van der Waals surface area contributed by atoms with Crippen molar-refractivity contribution >= 4 is 52.6 Å². The van der Waals surface area contributed by atoms with Crippen molar-refractivity contribution in [3.63, 3.8) is 0 Å². The third-order valence-electron chi connectivity index (χ3n) is 5.83. The average molecular weight is 585 g/mol. The summed E-state index contributed by atoms with van der Waals surface area (Å²) in [6.07, 6.45) is -0.288. The second kappa shape index (κ2) is 14.9. The number of carboxylic acid groups (broad SMARTS) is 1. The number of hydrogen-bond donors (Lipinski definition) is 5. The molecule has 3 aromatic carbocycles. The van der Waals surface area contributed by atoms with Gasteiger partial charge >= 0.3 is 5.97 Å². The average Bonchev–Trinajstić information content (AvgIpc) is 2.92. The number of hydrazine groups is 1. The summed E-state index contributed by atoms with van der Waals surface area (Å²) in [5, 5.41) is 14.4. The van der Waals surface area contributed by atoms with Crippen molar-refractivity contribution in [3.05, 3.63) is 88.4 Å². The van der Waals surface area contributed by atoms with Crippen molar-refractivity contribution in [2.45, 2.75) is 31.8 Å². The molecule has 7 N–H and O–H groups in total. The van der Waals surface area contributed by atoms with Gasteiger partial charge in [0.2, 0.25) is 11.8 Å². The van der Waals surface area contributed by atoms with Gasteiger partial charge in [-0.3, -0.25) is 19.6 Å². The van der Waals surface area contributed by atoms with Crippen LogP contribution in [0, 0.1) is 0 Å². The zero-order valence-electron chi connectivity index (χ0n) is 21.5. The number of para-hydroxylation sites is 1. The number of hydrogen-bond acceptors (Lipinski definition) is 5. The lowest BCUT2D eigenvalue weighted by atomic mass is 10.0. The summed E-state index contributed by atoms with van der Waals surface area (Å²) in [4.78, 5) is 42.4. The summed E-state index contributed by atoms with van der Waals surface area (Å²) in [6.45, 7) is 0.233. The van der Waals surface area contributed by atoms with Crippen molar-refractivity contribution in [2.24, 2.45) is 16.5 Å². The highest BCUT2D eigenvalue weighted by atomic mass is 35.5. The van der Waals surface area contributed by atoms with Gasteiger partial charge in [-0.05, 0) is 42.2 Å². The summed E-state index contributed by atoms with van der Waals surface area (Å²) in [6, 6.07) is 20.2. The van der Waals surface area contributed by atoms with Crippen LogP contribution in [-0.4, -0.2) is 46.4 Å². The highest BCUT2D eigenvalue weighted by Crippen LogP contribution is 2.28. The Balaban J connectivity index is 1.78. The zero-order valence-corrected chi connectivity index (χ0v) is 23.0. The number of halogens is 2. The number of carboxylic acids is 1. The number of carbonyl (C=O) groups excluding carboxylic acids is 2. The van der Waals surface area contributed by atoms with Gasteiger partial charge in [-0.1, -0.05) is 77.8 Å². The van der Waals surface area contributed by atoms with E-state index in [1.165, 1.54) is 0 Å². The second-order valence-corrected chi connectivity index (χ2v) is 9.60. The van der Waals surface area contributed by atoms with Crippen LogP contribution in [0.5, 0.6) is 0 Å². The van der Waals surface area contributed by atoms with E-state index >= 15 is 0 Å². The normalized spacial score (nSPS) is 11.3. The minimum absolute atomic E-state index is 0.0324. The third kappa shape index (κ3) is 8.98. The van der Waals surface area contributed by atoms with E-state index in [2.05, 4.69) is 15.7 Å². The zero-order chi connectivity index (χ0) is 29.1. The largest absolute Gasteiger partial charge is 0.480 e. The molecule has 0 bridgehead atoms. The predicted molar refractivity (Wildman–Crippen MR) is 157 cm³/mol. The van der Waals surface area contributed by atoms with Gasteiger partial charge in [-0.2, -0.15) is 0 Å². The minimum Gasteiger partial charge on any atom is -0.480 e. The SMILES string of the molecule is NC(N)=NCCC[C@@H](C(=O)O)N(NCc1ccc(Cl)c(Cl)c1)C(=O)CC(=O)Nc1ccccc1-c1ccccc1. The van der Waals surface area contributed by atoms with Crippen LogP contribution in [0.15, 0.2) is 77.8 Å². The smallest absolute Gasteiger partial charge is 0.328 e. The lowest BCUT2D eigenvalue weighted by Gasteiger charge is -2.29. The van der Waals surface area contributed by atoms with Crippen LogP contribution in [0.1, 0.15) is 24.8 Å². The van der Waals surface area contributed by atoms with E-state index in [0.29, 0.717) is 21.3 Å². The van der Waals surface area contributed by atoms with Gasteiger partial charge in [-0.15, -0.1) is 0 Å². The number of benzene rings is 3. The van der Waals surface area contributed by atoms with Crippen LogP contribution in [-0.2, 0) is 20.9 Å². The van der Waals surface area contributed by atoms with Gasteiger partial charge in [-0.25, -0.2) is 10.2 Å². The van der Waals surface area contributed by atoms with Gasteiger partial charge in [0, 0.05) is 24.3 Å². The summed E-state index contributed by atoms with van der Waals surface area (Å²) in [5.74, 6) is -2.71. The number of anilines is 1. The molecule has 0 heterocycles. The van der Waals surface area contributed by atoms with Gasteiger partial charge in [0.15, 0.2) is 5.96 Å². The summed E-state index contributed by atoms with van der Waals surface area (Å²) < 4.78 is 0. The Bertz CT molecular complexity index is 1370. The van der Waals surface area contributed by atoms with E-state index in [4.69, 9.17) is 34.7 Å². The van der Waals surface area contributed by atoms with E-state index in [1.54, 1.807) is 30.3 Å². The van der Waals surface area contributed by atoms with E-state index in [9.17, 15) is 19.5 Å². The molecule has 210 valence electrons. The fourth-order valence-corrected chi connectivity index (χ4v) is 4.25. The number of carbonyl (C=O) groups is 3. The third-order valence-corrected chi connectivity index (χ3v) is 6.57. The Morgan fingerprint density at radius 3 is 2.33 bits per heavy atom. The van der Waals surface area contributed by atoms with Crippen LogP contribution in [0.3, 0.4) is 0 Å². The Morgan fingerprint density at radius 2 is 1.65 bits per heavy atom. The van der Waals surface area contributed by atoms with Gasteiger partial charge in [0.1, 0.15) is 12.5 Å². The van der Waals surface area contributed by atoms with Crippen molar-refractivity contribution in [1.29, 1.82) is 0 Å². The van der Waals surface area contributed by atoms with Crippen LogP contribution < -0.4 is 22.2 Å². The minimum atomic E-state index is -1.30. The maximum atomic E-state index is 13.4. The molecule has 1 atom stereocenters. The van der Waals surface area contributed by atoms with Crippen molar-refractivity contribution in [1.82, 2.24) is 10.4 Å². The molecule has 12 heteroatoms. The predicted octanol–water partition coefficient (Wildman–Crippen LogP) is 4.03. The molecule has 0 spiro atoms. The molecule has 3 aromatic rings. The first-order valence-electron chi connectivity index (χ1n) is 12.4. The number of amides is 2. The molecule has 0 unspecified atom stereocenters. The fraction of sp³-hybridized carbons (Fsp3) is 0.214. The maximum Gasteiger partial charge on any atom is 0.328 e. The first-order valence-corrected chi connectivity index (χ1v) is 13.1. The monoisotopic (exact) mass is 584 g/mol. The number of aliphatic imine (C=N–C) groups is 1. The Morgan fingerprint density at radius 1 is 0.950 bits per heavy atom. The highest BCUT2D eigenvalue weighted by molar-refractivity contribution is 6.42. The van der Waals surface area contributed by atoms with Crippen molar-refractivity contribution in [2.75, 3.05) is 11.9 Å². The summed E-state index contributed by atoms with van der Waals surface area (Å²) in [7, 11) is 0. The molecule has 0 saturated carbocycles. The molecule has 0 fully saturated rings. The molecular formula is C28H30Cl2N6O4. The van der Waals surface area contributed by atoms with Crippen LogP contribution in [0.4, 0.5) is 5.69 Å². The molecular weight excluding hydrogens is 555 g/mol. The number of guanidine groups is 1. The highest BCUT2D eigenvalue weighted by Gasteiger charge is 2.30. The molecule has 3 rings (SSSR count). The summed E-state index contributed by atoms with van der Waals surface area (Å²) in [5.41, 5.74) is 16.4. The quantitative estimate of drug-likeness (QED) is 0.0665. The number of nitrogens with two attached hydrogens (primary N) is 2. The molecule has 0 aliphatic carbocycles. The molecule has 0 aromatic heterocycles.